The van der Waals surface area contributed by atoms with Crippen LogP contribution in [0.25, 0.3) is 6.08 Å². The molecule has 1 saturated heterocycles. The molecule has 1 unspecified atom stereocenters. The Morgan fingerprint density at radius 1 is 1.40 bits per heavy atom. The smallest absolute Gasteiger partial charge is 0.352 e. The van der Waals surface area contributed by atoms with E-state index < -0.39 is 29.2 Å². The SMILES string of the molecule is C=CCO/N=C(\C(=O)NC1C(=O)N2C(C(=O)O)=C(CS/C=C\c3ccc(C)nc3)CS[C@H]12)c1csc(NC=O)n1. The Morgan fingerprint density at radius 2 is 2.23 bits per heavy atom. The minimum atomic E-state index is -1.21. The van der Waals surface area contributed by atoms with Crippen molar-refractivity contribution in [2.45, 2.75) is 18.3 Å². The molecule has 0 radical (unpaired) electrons. The molecule has 4 rings (SSSR count). The van der Waals surface area contributed by atoms with Gasteiger partial charge in [-0.15, -0.1) is 34.9 Å². The lowest BCUT2D eigenvalue weighted by Crippen LogP contribution is -2.71. The molecule has 0 aromatic carbocycles. The predicted octanol–water partition coefficient (Wildman–Crippen LogP) is 2.46. The van der Waals surface area contributed by atoms with Crippen LogP contribution in [0.5, 0.6) is 0 Å². The zero-order valence-electron chi connectivity index (χ0n) is 21.1. The highest BCUT2D eigenvalue weighted by Crippen LogP contribution is 2.41. The van der Waals surface area contributed by atoms with Crippen LogP contribution in [-0.4, -0.2) is 79.4 Å². The van der Waals surface area contributed by atoms with Gasteiger partial charge in [0.25, 0.3) is 11.8 Å². The Bertz CT molecular complexity index is 1400. The lowest BCUT2D eigenvalue weighted by Gasteiger charge is -2.49. The fourth-order valence-electron chi connectivity index (χ4n) is 3.72. The summed E-state index contributed by atoms with van der Waals surface area (Å²) in [7, 11) is 0. The van der Waals surface area contributed by atoms with E-state index in [1.165, 1.54) is 39.9 Å². The van der Waals surface area contributed by atoms with Gasteiger partial charge >= 0.3 is 5.97 Å². The molecule has 2 aliphatic heterocycles. The molecule has 2 aromatic rings. The summed E-state index contributed by atoms with van der Waals surface area (Å²) in [5, 5.41) is 21.8. The summed E-state index contributed by atoms with van der Waals surface area (Å²) in [6.45, 7) is 5.46. The highest BCUT2D eigenvalue weighted by molar-refractivity contribution is 8.02. The Hall–Kier alpha value is -3.95. The molecule has 3 N–H and O–H groups in total. The Balaban J connectivity index is 1.44. The zero-order chi connectivity index (χ0) is 28.6. The van der Waals surface area contributed by atoms with Gasteiger partial charge in [-0.2, -0.15) is 0 Å². The summed E-state index contributed by atoms with van der Waals surface area (Å²) < 4.78 is 0. The van der Waals surface area contributed by atoms with Crippen LogP contribution < -0.4 is 10.6 Å². The zero-order valence-corrected chi connectivity index (χ0v) is 23.6. The minimum Gasteiger partial charge on any atom is -0.477 e. The molecule has 4 heterocycles. The van der Waals surface area contributed by atoms with Crippen LogP contribution in [0.4, 0.5) is 5.13 Å². The van der Waals surface area contributed by atoms with Crippen molar-refractivity contribution < 1.29 is 29.1 Å². The summed E-state index contributed by atoms with van der Waals surface area (Å²) in [5.41, 5.74) is 2.32. The van der Waals surface area contributed by atoms with Crippen molar-refractivity contribution >= 4 is 76.0 Å². The molecule has 12 nitrogen and oxygen atoms in total. The Kier molecular flexibility index (Phi) is 9.74. The monoisotopic (exact) mass is 600 g/mol. The fourth-order valence-corrected chi connectivity index (χ4v) is 6.63. The quantitative estimate of drug-likeness (QED) is 0.0777. The third-order valence-corrected chi connectivity index (χ3v) is 8.53. The van der Waals surface area contributed by atoms with E-state index in [1.54, 1.807) is 6.20 Å². The number of pyridine rings is 1. The van der Waals surface area contributed by atoms with E-state index in [2.05, 4.69) is 32.3 Å². The van der Waals surface area contributed by atoms with Gasteiger partial charge in [0.05, 0.1) is 0 Å². The van der Waals surface area contributed by atoms with Crippen LogP contribution >= 0.6 is 34.9 Å². The predicted molar refractivity (Wildman–Crippen MR) is 155 cm³/mol. The van der Waals surface area contributed by atoms with Crippen LogP contribution in [0.1, 0.15) is 17.0 Å². The number of amides is 3. The summed E-state index contributed by atoms with van der Waals surface area (Å²) in [5.74, 6) is -1.71. The number of hydrogen-bond donors (Lipinski definition) is 3. The first kappa shape index (κ1) is 29.0. The summed E-state index contributed by atoms with van der Waals surface area (Å²) in [6, 6.07) is 2.87. The Morgan fingerprint density at radius 3 is 2.92 bits per heavy atom. The van der Waals surface area contributed by atoms with E-state index in [9.17, 15) is 24.3 Å². The van der Waals surface area contributed by atoms with Gasteiger partial charge in [-0.25, -0.2) is 9.78 Å². The number of carbonyl (C=O) groups is 4. The van der Waals surface area contributed by atoms with E-state index in [-0.39, 0.29) is 28.8 Å². The number of thiazole rings is 1. The number of nitrogens with one attached hydrogen (secondary N) is 2. The number of carbonyl (C=O) groups excluding carboxylic acids is 3. The number of oxime groups is 1. The van der Waals surface area contributed by atoms with Crippen molar-refractivity contribution in [3.05, 3.63) is 70.0 Å². The van der Waals surface area contributed by atoms with Gasteiger partial charge in [-0.05, 0) is 35.6 Å². The number of thioether (sulfide) groups is 2. The van der Waals surface area contributed by atoms with Gasteiger partial charge in [-0.3, -0.25) is 24.3 Å². The van der Waals surface area contributed by atoms with Crippen LogP contribution in [0.15, 0.2) is 58.2 Å². The molecule has 1 fully saturated rings. The molecule has 0 bridgehead atoms. The standard InChI is InChI=1S/C25H24N6O6S3/c1-3-7-37-30-18(17-12-40-25(28-17)27-13-32)21(33)29-19-22(34)31-20(24(35)36)16(11-39-23(19)31)10-38-8-6-15-5-4-14(2)26-9-15/h3-6,8-9,12-13,19,23H,1,7,10-11H2,2H3,(H,29,33)(H,35,36)(H,27,28,32)/b8-6-,30-18-/t19?,23-/m1/s1. The second kappa shape index (κ2) is 13.4. The minimum absolute atomic E-state index is 0.0274. The number of aryl methyl sites for hydroxylation is 1. The average Bonchev–Trinajstić information content (AvgIpc) is 3.40. The maximum atomic E-state index is 13.1. The van der Waals surface area contributed by atoms with Crippen LogP contribution in [0, 0.1) is 6.92 Å². The molecule has 2 aliphatic rings. The van der Waals surface area contributed by atoms with Crippen LogP contribution in [-0.2, 0) is 24.0 Å². The highest BCUT2D eigenvalue weighted by atomic mass is 32.2. The van der Waals surface area contributed by atoms with Gasteiger partial charge in [0.15, 0.2) is 10.8 Å². The van der Waals surface area contributed by atoms with Crippen molar-refractivity contribution in [1.29, 1.82) is 0 Å². The van der Waals surface area contributed by atoms with Crippen LogP contribution in [0.2, 0.25) is 0 Å². The first-order chi connectivity index (χ1) is 19.3. The van der Waals surface area contributed by atoms with E-state index in [1.807, 2.05) is 30.5 Å². The number of anilines is 1. The van der Waals surface area contributed by atoms with Crippen molar-refractivity contribution in [2.24, 2.45) is 5.16 Å². The molecular weight excluding hydrogens is 577 g/mol. The molecule has 0 spiro atoms. The number of nitrogens with zero attached hydrogens (tertiary/aromatic N) is 4. The largest absolute Gasteiger partial charge is 0.477 e. The number of hydrogen-bond acceptors (Lipinski definition) is 11. The summed E-state index contributed by atoms with van der Waals surface area (Å²) >= 11 is 3.86. The normalized spacial score (nSPS) is 18.7. The molecule has 0 aliphatic carbocycles. The maximum absolute atomic E-state index is 13.1. The first-order valence-corrected chi connectivity index (χ1v) is 14.7. The number of fused-ring (bicyclic) bond motifs is 1. The number of carboxylic acid groups (broad SMARTS) is 1. The van der Waals surface area contributed by atoms with Crippen LogP contribution in [0.3, 0.4) is 0 Å². The highest BCUT2D eigenvalue weighted by Gasteiger charge is 2.54. The molecule has 3 amide bonds. The van der Waals surface area contributed by atoms with Crippen molar-refractivity contribution in [3.8, 4) is 0 Å². The number of β-lactam (4-membered cyclic amide) rings is 1. The van der Waals surface area contributed by atoms with Gasteiger partial charge in [0, 0.05) is 28.8 Å². The lowest BCUT2D eigenvalue weighted by atomic mass is 10.0. The fraction of sp³-hybridized carbons (Fsp3) is 0.240. The van der Waals surface area contributed by atoms with Crippen molar-refractivity contribution in [2.75, 3.05) is 23.4 Å². The second-order valence-corrected chi connectivity index (χ2v) is 11.1. The average molecular weight is 601 g/mol. The second-order valence-electron chi connectivity index (χ2n) is 8.29. The van der Waals surface area contributed by atoms with Gasteiger partial charge in [0.2, 0.25) is 6.41 Å². The third kappa shape index (κ3) is 6.60. The summed E-state index contributed by atoms with van der Waals surface area (Å²) in [4.78, 5) is 63.7. The summed E-state index contributed by atoms with van der Waals surface area (Å²) in [6.07, 6.45) is 5.53. The lowest BCUT2D eigenvalue weighted by molar-refractivity contribution is -0.150. The molecular formula is C25H24N6O6S3. The van der Waals surface area contributed by atoms with E-state index in [0.717, 1.165) is 22.6 Å². The molecule has 208 valence electrons. The number of aromatic nitrogens is 2. The van der Waals surface area contributed by atoms with Gasteiger partial charge < -0.3 is 20.6 Å². The van der Waals surface area contributed by atoms with Crippen molar-refractivity contribution in [3.63, 3.8) is 0 Å². The third-order valence-electron chi connectivity index (χ3n) is 5.58. The maximum Gasteiger partial charge on any atom is 0.352 e. The first-order valence-electron chi connectivity index (χ1n) is 11.7. The van der Waals surface area contributed by atoms with Gasteiger partial charge in [-0.1, -0.05) is 23.9 Å². The number of carboxylic acids is 1. The number of aliphatic carboxylic acids is 1. The topological polar surface area (TPSA) is 163 Å². The molecule has 2 aromatic heterocycles. The Labute approximate surface area is 241 Å². The van der Waals surface area contributed by atoms with E-state index in [4.69, 9.17) is 4.84 Å². The van der Waals surface area contributed by atoms with E-state index >= 15 is 0 Å². The molecule has 40 heavy (non-hydrogen) atoms. The molecule has 2 atom stereocenters. The molecule has 0 saturated carbocycles. The molecule has 15 heteroatoms. The van der Waals surface area contributed by atoms with Gasteiger partial charge in [0.1, 0.15) is 29.4 Å². The van der Waals surface area contributed by atoms with Crippen molar-refractivity contribution in [1.82, 2.24) is 20.2 Å². The number of rotatable bonds is 13. The van der Waals surface area contributed by atoms with E-state index in [0.29, 0.717) is 23.5 Å².